The fourth-order valence-corrected chi connectivity index (χ4v) is 5.40. The van der Waals surface area contributed by atoms with E-state index in [2.05, 4.69) is 15.5 Å². The molecule has 4 rings (SSSR count). The first-order valence-electron chi connectivity index (χ1n) is 13.3. The third-order valence-electron chi connectivity index (χ3n) is 7.57. The van der Waals surface area contributed by atoms with Crippen LogP contribution >= 0.6 is 11.6 Å². The minimum atomic E-state index is -2.64. The molecule has 2 aromatic rings. The van der Waals surface area contributed by atoms with Crippen LogP contribution in [0.15, 0.2) is 54.6 Å². The molecule has 37 heavy (non-hydrogen) atoms. The molecule has 1 saturated heterocycles. The molecule has 2 aromatic carbocycles. The number of nitrogens with zero attached hydrogens (tertiary/aromatic N) is 1. The highest BCUT2D eigenvalue weighted by atomic mass is 35.5. The topological polar surface area (TPSA) is 61.4 Å². The number of halogens is 3. The van der Waals surface area contributed by atoms with Crippen molar-refractivity contribution in [2.24, 2.45) is 5.92 Å². The largest absolute Gasteiger partial charge is 0.353 e. The first kappa shape index (κ1) is 27.5. The van der Waals surface area contributed by atoms with Crippen molar-refractivity contribution in [3.05, 3.63) is 70.7 Å². The zero-order valence-corrected chi connectivity index (χ0v) is 21.9. The number of benzene rings is 2. The van der Waals surface area contributed by atoms with Gasteiger partial charge in [0.1, 0.15) is 0 Å². The van der Waals surface area contributed by atoms with E-state index in [-0.39, 0.29) is 55.5 Å². The Morgan fingerprint density at radius 3 is 2.27 bits per heavy atom. The number of piperidine rings is 1. The van der Waals surface area contributed by atoms with Crippen molar-refractivity contribution in [2.75, 3.05) is 19.6 Å². The van der Waals surface area contributed by atoms with E-state index >= 15 is 0 Å². The number of carbonyl (C=O) groups excluding carboxylic acids is 2. The Morgan fingerprint density at radius 1 is 0.973 bits per heavy atom. The molecular weight excluding hydrogens is 496 g/mol. The molecule has 2 amide bonds. The van der Waals surface area contributed by atoms with Gasteiger partial charge in [0.25, 0.3) is 0 Å². The number of amides is 2. The van der Waals surface area contributed by atoms with Crippen LogP contribution in [0.3, 0.4) is 0 Å². The van der Waals surface area contributed by atoms with Gasteiger partial charge in [-0.05, 0) is 55.4 Å². The van der Waals surface area contributed by atoms with Crippen molar-refractivity contribution >= 4 is 23.4 Å². The van der Waals surface area contributed by atoms with Crippen molar-refractivity contribution < 1.29 is 18.4 Å². The third-order valence-corrected chi connectivity index (χ3v) is 7.82. The highest BCUT2D eigenvalue weighted by Crippen LogP contribution is 2.36. The Hall–Kier alpha value is -2.51. The Kier molecular flexibility index (Phi) is 9.54. The monoisotopic (exact) mass is 531 g/mol. The van der Waals surface area contributed by atoms with Gasteiger partial charge in [-0.15, -0.1) is 0 Å². The molecule has 2 aliphatic rings. The number of carbonyl (C=O) groups is 2. The molecule has 0 unspecified atom stereocenters. The minimum absolute atomic E-state index is 0.0214. The van der Waals surface area contributed by atoms with E-state index in [4.69, 9.17) is 11.6 Å². The summed E-state index contributed by atoms with van der Waals surface area (Å²) in [4.78, 5) is 27.7. The van der Waals surface area contributed by atoms with E-state index in [1.807, 2.05) is 42.5 Å². The summed E-state index contributed by atoms with van der Waals surface area (Å²) in [6.07, 6.45) is 2.88. The van der Waals surface area contributed by atoms with E-state index in [0.717, 1.165) is 50.0 Å². The Morgan fingerprint density at radius 2 is 1.62 bits per heavy atom. The van der Waals surface area contributed by atoms with Crippen molar-refractivity contribution in [3.8, 4) is 0 Å². The SMILES string of the molecule is O=C(Cc1ccc(Cl)cc1)NC1CCN(CC[C@H](NC(=O)C2CCC(F)(F)CC2)c2ccccc2)CC1. The maximum absolute atomic E-state index is 13.5. The van der Waals surface area contributed by atoms with Crippen LogP contribution in [0.1, 0.15) is 62.1 Å². The van der Waals surface area contributed by atoms with Crippen LogP contribution in [-0.4, -0.2) is 48.3 Å². The second kappa shape index (κ2) is 12.8. The predicted octanol–water partition coefficient (Wildman–Crippen LogP) is 5.54. The first-order chi connectivity index (χ1) is 17.8. The van der Waals surface area contributed by atoms with Gasteiger partial charge in [0.05, 0.1) is 12.5 Å². The molecular formula is C29H36ClF2N3O2. The van der Waals surface area contributed by atoms with Gasteiger partial charge in [-0.1, -0.05) is 54.1 Å². The van der Waals surface area contributed by atoms with Crippen LogP contribution in [0.25, 0.3) is 0 Å². The molecule has 0 bridgehead atoms. The lowest BCUT2D eigenvalue weighted by molar-refractivity contribution is -0.130. The lowest BCUT2D eigenvalue weighted by atomic mass is 9.86. The molecule has 1 saturated carbocycles. The van der Waals surface area contributed by atoms with Crippen LogP contribution in [0.4, 0.5) is 8.78 Å². The molecule has 0 radical (unpaired) electrons. The summed E-state index contributed by atoms with van der Waals surface area (Å²) < 4.78 is 27.1. The molecule has 1 aliphatic carbocycles. The van der Waals surface area contributed by atoms with Gasteiger partial charge in [-0.25, -0.2) is 8.78 Å². The highest BCUT2D eigenvalue weighted by Gasteiger charge is 2.37. The van der Waals surface area contributed by atoms with E-state index < -0.39 is 5.92 Å². The maximum Gasteiger partial charge on any atom is 0.248 e. The fourth-order valence-electron chi connectivity index (χ4n) is 5.28. The van der Waals surface area contributed by atoms with Crippen LogP contribution in [0.5, 0.6) is 0 Å². The molecule has 200 valence electrons. The standard InChI is InChI=1S/C29H36ClF2N3O2/c30-24-8-6-21(7-9-24)20-27(36)33-25-12-17-35(18-13-25)19-14-26(22-4-2-1-3-5-22)34-28(37)23-10-15-29(31,32)16-11-23/h1-9,23,25-26H,10-20H2,(H,33,36)(H,34,37)/t26-/m0/s1. The third kappa shape index (κ3) is 8.50. The number of likely N-dealkylation sites (tertiary alicyclic amines) is 1. The van der Waals surface area contributed by atoms with E-state index in [1.54, 1.807) is 12.1 Å². The minimum Gasteiger partial charge on any atom is -0.353 e. The maximum atomic E-state index is 13.5. The lowest BCUT2D eigenvalue weighted by Gasteiger charge is -2.34. The zero-order valence-electron chi connectivity index (χ0n) is 21.1. The van der Waals surface area contributed by atoms with Gasteiger partial charge in [0.15, 0.2) is 0 Å². The number of alkyl halides is 2. The van der Waals surface area contributed by atoms with Crippen molar-refractivity contribution in [3.63, 3.8) is 0 Å². The van der Waals surface area contributed by atoms with Gasteiger partial charge in [0, 0.05) is 49.5 Å². The lowest BCUT2D eigenvalue weighted by Crippen LogP contribution is -2.46. The summed E-state index contributed by atoms with van der Waals surface area (Å²) in [5.74, 6) is -3.09. The predicted molar refractivity (Wildman–Crippen MR) is 142 cm³/mol. The number of rotatable bonds is 9. The Labute approximate surface area is 222 Å². The summed E-state index contributed by atoms with van der Waals surface area (Å²) in [6, 6.07) is 17.2. The Bertz CT molecular complexity index is 1020. The molecule has 1 heterocycles. The normalized spacial score (nSPS) is 19.8. The van der Waals surface area contributed by atoms with Crippen molar-refractivity contribution in [1.82, 2.24) is 15.5 Å². The molecule has 2 N–H and O–H groups in total. The van der Waals surface area contributed by atoms with Crippen molar-refractivity contribution in [1.29, 1.82) is 0 Å². The smallest absolute Gasteiger partial charge is 0.248 e. The number of hydrogen-bond acceptors (Lipinski definition) is 3. The van der Waals surface area contributed by atoms with Gasteiger partial charge in [0.2, 0.25) is 17.7 Å². The van der Waals surface area contributed by atoms with E-state index in [9.17, 15) is 18.4 Å². The summed E-state index contributed by atoms with van der Waals surface area (Å²) in [5.41, 5.74) is 1.97. The molecule has 8 heteroatoms. The average Bonchev–Trinajstić information content (AvgIpc) is 2.89. The quantitative estimate of drug-likeness (QED) is 0.447. The summed E-state index contributed by atoms with van der Waals surface area (Å²) in [6.45, 7) is 2.56. The number of hydrogen-bond donors (Lipinski definition) is 2. The van der Waals surface area contributed by atoms with E-state index in [1.165, 1.54) is 0 Å². The molecule has 1 atom stereocenters. The van der Waals surface area contributed by atoms with Gasteiger partial charge in [-0.3, -0.25) is 9.59 Å². The molecule has 1 aliphatic heterocycles. The first-order valence-corrected chi connectivity index (χ1v) is 13.6. The molecule has 2 fully saturated rings. The summed E-state index contributed by atoms with van der Waals surface area (Å²) in [5, 5.41) is 6.96. The Balaban J connectivity index is 1.24. The molecule has 5 nitrogen and oxygen atoms in total. The highest BCUT2D eigenvalue weighted by molar-refractivity contribution is 6.30. The molecule has 0 spiro atoms. The van der Waals surface area contributed by atoms with Gasteiger partial charge < -0.3 is 15.5 Å². The van der Waals surface area contributed by atoms with Gasteiger partial charge in [-0.2, -0.15) is 0 Å². The second-order valence-corrected chi connectivity index (χ2v) is 10.8. The van der Waals surface area contributed by atoms with Crippen LogP contribution < -0.4 is 10.6 Å². The zero-order chi connectivity index (χ0) is 26.3. The van der Waals surface area contributed by atoms with Crippen LogP contribution in [0.2, 0.25) is 5.02 Å². The van der Waals surface area contributed by atoms with Crippen LogP contribution in [-0.2, 0) is 16.0 Å². The van der Waals surface area contributed by atoms with E-state index in [0.29, 0.717) is 11.4 Å². The van der Waals surface area contributed by atoms with Crippen LogP contribution in [0, 0.1) is 5.92 Å². The summed E-state index contributed by atoms with van der Waals surface area (Å²) in [7, 11) is 0. The molecule has 0 aromatic heterocycles. The number of nitrogens with one attached hydrogen (secondary N) is 2. The average molecular weight is 532 g/mol. The van der Waals surface area contributed by atoms with Crippen molar-refractivity contribution in [2.45, 2.75) is 69.4 Å². The van der Waals surface area contributed by atoms with Gasteiger partial charge >= 0.3 is 0 Å². The second-order valence-electron chi connectivity index (χ2n) is 10.4. The summed E-state index contributed by atoms with van der Waals surface area (Å²) >= 11 is 5.92. The fraction of sp³-hybridized carbons (Fsp3) is 0.517.